The molecule has 0 saturated heterocycles. The topological polar surface area (TPSA) is 73.9 Å². The second kappa shape index (κ2) is 9.99. The number of amides is 1. The highest BCUT2D eigenvalue weighted by Gasteiger charge is 2.18. The first-order chi connectivity index (χ1) is 13.6. The highest BCUT2D eigenvalue weighted by atomic mass is 35.5. The maximum Gasteiger partial charge on any atom is 0.310 e. The van der Waals surface area contributed by atoms with Gasteiger partial charge in [0.2, 0.25) is 0 Å². The molecule has 28 heavy (non-hydrogen) atoms. The van der Waals surface area contributed by atoms with E-state index in [-0.39, 0.29) is 18.9 Å². The van der Waals surface area contributed by atoms with Crippen LogP contribution in [0.4, 0.5) is 0 Å². The van der Waals surface area contributed by atoms with Gasteiger partial charge in [-0.05, 0) is 36.1 Å². The van der Waals surface area contributed by atoms with E-state index in [9.17, 15) is 9.59 Å². The molecular weight excluding hydrogens is 382 g/mol. The van der Waals surface area contributed by atoms with Crippen molar-refractivity contribution in [2.75, 3.05) is 26.4 Å². The fraction of sp³-hybridized carbons (Fsp3) is 0.333. The fourth-order valence-electron chi connectivity index (χ4n) is 2.85. The summed E-state index contributed by atoms with van der Waals surface area (Å²) in [5.41, 5.74) is 1.86. The van der Waals surface area contributed by atoms with Gasteiger partial charge < -0.3 is 19.5 Å². The molecule has 0 unspecified atom stereocenters. The normalized spacial score (nSPS) is 12.3. The number of rotatable bonds is 8. The van der Waals surface area contributed by atoms with Gasteiger partial charge in [-0.1, -0.05) is 41.9 Å². The predicted octanol–water partition coefficient (Wildman–Crippen LogP) is 2.95. The summed E-state index contributed by atoms with van der Waals surface area (Å²) >= 11 is 6.15. The first-order valence-electron chi connectivity index (χ1n) is 9.16. The van der Waals surface area contributed by atoms with E-state index in [1.807, 2.05) is 30.3 Å². The maximum atomic E-state index is 12.0. The van der Waals surface area contributed by atoms with Crippen LogP contribution in [0.3, 0.4) is 0 Å². The van der Waals surface area contributed by atoms with Crippen LogP contribution in [0.5, 0.6) is 11.5 Å². The Kier molecular flexibility index (Phi) is 7.14. The Morgan fingerprint density at radius 3 is 2.68 bits per heavy atom. The highest BCUT2D eigenvalue weighted by molar-refractivity contribution is 6.32. The number of nitrogens with one attached hydrogen (secondary N) is 1. The summed E-state index contributed by atoms with van der Waals surface area (Å²) < 4.78 is 16.0. The van der Waals surface area contributed by atoms with E-state index in [0.717, 1.165) is 12.8 Å². The number of ether oxygens (including phenoxy) is 3. The Bertz CT molecular complexity index is 825. The van der Waals surface area contributed by atoms with Crippen molar-refractivity contribution in [3.05, 3.63) is 58.6 Å². The van der Waals surface area contributed by atoms with Gasteiger partial charge in [-0.25, -0.2) is 0 Å². The molecule has 0 bridgehead atoms. The molecule has 1 amide bonds. The van der Waals surface area contributed by atoms with E-state index in [0.29, 0.717) is 41.8 Å². The second-order valence-electron chi connectivity index (χ2n) is 6.38. The zero-order chi connectivity index (χ0) is 19.8. The first-order valence-corrected chi connectivity index (χ1v) is 9.54. The Morgan fingerprint density at radius 1 is 1.07 bits per heavy atom. The van der Waals surface area contributed by atoms with Crippen LogP contribution >= 0.6 is 11.6 Å². The minimum absolute atomic E-state index is 0.00233. The Labute approximate surface area is 168 Å². The molecular formula is C21H22ClNO5. The molecule has 2 aromatic rings. The summed E-state index contributed by atoms with van der Waals surface area (Å²) in [6, 6.07) is 13.4. The zero-order valence-electron chi connectivity index (χ0n) is 15.4. The number of benzene rings is 2. The lowest BCUT2D eigenvalue weighted by molar-refractivity contribution is -0.147. The van der Waals surface area contributed by atoms with Gasteiger partial charge in [-0.3, -0.25) is 9.59 Å². The average Bonchev–Trinajstić information content (AvgIpc) is 2.70. The third kappa shape index (κ3) is 5.89. The van der Waals surface area contributed by atoms with Crippen LogP contribution in [0, 0.1) is 0 Å². The van der Waals surface area contributed by atoms with E-state index in [2.05, 4.69) is 5.32 Å². The summed E-state index contributed by atoms with van der Waals surface area (Å²) in [7, 11) is 0. The third-order valence-electron chi connectivity index (χ3n) is 4.18. The molecule has 0 aromatic heterocycles. The molecule has 2 aromatic carbocycles. The van der Waals surface area contributed by atoms with E-state index in [4.69, 9.17) is 25.8 Å². The molecule has 0 atom stereocenters. The van der Waals surface area contributed by atoms with Gasteiger partial charge >= 0.3 is 5.97 Å². The Morgan fingerprint density at radius 2 is 1.86 bits per heavy atom. The quantitative estimate of drug-likeness (QED) is 0.542. The molecule has 0 saturated carbocycles. The molecule has 0 aliphatic carbocycles. The molecule has 0 radical (unpaired) electrons. The van der Waals surface area contributed by atoms with E-state index in [1.54, 1.807) is 12.1 Å². The monoisotopic (exact) mass is 403 g/mol. The highest BCUT2D eigenvalue weighted by Crippen LogP contribution is 2.38. The standard InChI is InChI=1S/C21H22ClNO5/c22-17-11-16(12-18-21(17)27-10-9-26-18)13-20(25)28-14-19(24)23-8-4-7-15-5-2-1-3-6-15/h1-3,5-6,11-12H,4,7-10,13-14H2,(H,23,24). The van der Waals surface area contributed by atoms with Crippen LogP contribution in [0.2, 0.25) is 5.02 Å². The van der Waals surface area contributed by atoms with Crippen LogP contribution in [-0.4, -0.2) is 38.2 Å². The summed E-state index contributed by atoms with van der Waals surface area (Å²) in [5, 5.41) is 3.13. The number of hydrogen-bond acceptors (Lipinski definition) is 5. The predicted molar refractivity (Wildman–Crippen MR) is 105 cm³/mol. The van der Waals surface area contributed by atoms with Crippen molar-refractivity contribution in [1.29, 1.82) is 0 Å². The van der Waals surface area contributed by atoms with E-state index in [1.165, 1.54) is 5.56 Å². The molecule has 7 heteroatoms. The van der Waals surface area contributed by atoms with Crippen LogP contribution in [0.1, 0.15) is 17.5 Å². The van der Waals surface area contributed by atoms with Gasteiger partial charge in [0.05, 0.1) is 11.4 Å². The largest absolute Gasteiger partial charge is 0.486 e. The van der Waals surface area contributed by atoms with Crippen LogP contribution in [-0.2, 0) is 27.2 Å². The molecule has 1 aliphatic heterocycles. The zero-order valence-corrected chi connectivity index (χ0v) is 16.2. The van der Waals surface area contributed by atoms with E-state index >= 15 is 0 Å². The third-order valence-corrected chi connectivity index (χ3v) is 4.46. The number of aryl methyl sites for hydroxylation is 1. The van der Waals surface area contributed by atoms with Gasteiger partial charge in [0.25, 0.3) is 5.91 Å². The molecule has 0 fully saturated rings. The van der Waals surface area contributed by atoms with Crippen molar-refractivity contribution in [2.45, 2.75) is 19.3 Å². The first kappa shape index (κ1) is 20.0. The second-order valence-corrected chi connectivity index (χ2v) is 6.79. The number of halogens is 1. The molecule has 1 N–H and O–H groups in total. The van der Waals surface area contributed by atoms with Crippen molar-refractivity contribution in [1.82, 2.24) is 5.32 Å². The van der Waals surface area contributed by atoms with Gasteiger partial charge in [-0.15, -0.1) is 0 Å². The fourth-order valence-corrected chi connectivity index (χ4v) is 3.13. The number of carbonyl (C=O) groups excluding carboxylic acids is 2. The van der Waals surface area contributed by atoms with Crippen LogP contribution in [0.15, 0.2) is 42.5 Å². The molecule has 148 valence electrons. The minimum Gasteiger partial charge on any atom is -0.486 e. The smallest absolute Gasteiger partial charge is 0.310 e. The number of carbonyl (C=O) groups is 2. The van der Waals surface area contributed by atoms with Crippen molar-refractivity contribution in [3.8, 4) is 11.5 Å². The Hall–Kier alpha value is -2.73. The molecule has 0 spiro atoms. The van der Waals surface area contributed by atoms with Crippen LogP contribution in [0.25, 0.3) is 0 Å². The Balaban J connectivity index is 1.37. The van der Waals surface area contributed by atoms with Gasteiger partial charge in [0.15, 0.2) is 18.1 Å². The van der Waals surface area contributed by atoms with Crippen LogP contribution < -0.4 is 14.8 Å². The number of hydrogen-bond donors (Lipinski definition) is 1. The summed E-state index contributed by atoms with van der Waals surface area (Å²) in [6.07, 6.45) is 1.70. The van der Waals surface area contributed by atoms with E-state index < -0.39 is 5.97 Å². The molecule has 3 rings (SSSR count). The lowest BCUT2D eigenvalue weighted by Crippen LogP contribution is -2.30. The summed E-state index contributed by atoms with van der Waals surface area (Å²) in [5.74, 6) is 0.173. The molecule has 1 heterocycles. The molecule has 6 nitrogen and oxygen atoms in total. The number of fused-ring (bicyclic) bond motifs is 1. The van der Waals surface area contributed by atoms with Gasteiger partial charge in [0.1, 0.15) is 13.2 Å². The van der Waals surface area contributed by atoms with Crippen molar-refractivity contribution in [3.63, 3.8) is 0 Å². The minimum atomic E-state index is -0.507. The number of esters is 1. The van der Waals surface area contributed by atoms with Gasteiger partial charge in [0, 0.05) is 6.54 Å². The molecule has 1 aliphatic rings. The summed E-state index contributed by atoms with van der Waals surface area (Å²) in [6.45, 7) is 1.10. The SMILES string of the molecule is O=C(COC(=O)Cc1cc(Cl)c2c(c1)OCCO2)NCCCc1ccccc1. The lowest BCUT2D eigenvalue weighted by atomic mass is 10.1. The maximum absolute atomic E-state index is 12.0. The lowest BCUT2D eigenvalue weighted by Gasteiger charge is -2.20. The van der Waals surface area contributed by atoms with Crippen molar-refractivity contribution < 1.29 is 23.8 Å². The summed E-state index contributed by atoms with van der Waals surface area (Å²) in [4.78, 5) is 23.8. The average molecular weight is 404 g/mol. The van der Waals surface area contributed by atoms with Crippen molar-refractivity contribution >= 4 is 23.5 Å². The van der Waals surface area contributed by atoms with Gasteiger partial charge in [-0.2, -0.15) is 0 Å². The van der Waals surface area contributed by atoms with Crippen molar-refractivity contribution in [2.24, 2.45) is 0 Å².